The minimum absolute atomic E-state index is 0.0170. The molecule has 0 bridgehead atoms. The number of alkyl halides is 1. The smallest absolute Gasteiger partial charge is 0.244 e. The molecule has 2 heterocycles. The highest BCUT2D eigenvalue weighted by Gasteiger charge is 2.56. The first-order chi connectivity index (χ1) is 13.0. The van der Waals surface area contributed by atoms with Gasteiger partial charge in [0.25, 0.3) is 0 Å². The fourth-order valence-corrected chi connectivity index (χ4v) is 4.17. The van der Waals surface area contributed by atoms with E-state index in [9.17, 15) is 18.8 Å². The Labute approximate surface area is 155 Å². The number of amides is 3. The summed E-state index contributed by atoms with van der Waals surface area (Å²) in [5.41, 5.74) is 9.88. The lowest BCUT2D eigenvalue weighted by Gasteiger charge is -2.29. The first kappa shape index (κ1) is 17.7. The Bertz CT molecular complexity index is 788. The first-order valence-corrected chi connectivity index (χ1v) is 9.08. The summed E-state index contributed by atoms with van der Waals surface area (Å²) in [7, 11) is 0. The van der Waals surface area contributed by atoms with E-state index in [0.29, 0.717) is 12.3 Å². The van der Waals surface area contributed by atoms with Gasteiger partial charge in [-0.3, -0.25) is 19.4 Å². The summed E-state index contributed by atoms with van der Waals surface area (Å²) in [6, 6.07) is 6.06. The number of benzene rings is 1. The Balaban J connectivity index is 1.49. The largest absolute Gasteiger partial charge is 0.368 e. The second kappa shape index (κ2) is 6.80. The number of para-hydroxylation sites is 1. The Morgan fingerprint density at radius 1 is 1.26 bits per heavy atom. The Morgan fingerprint density at radius 3 is 2.78 bits per heavy atom. The van der Waals surface area contributed by atoms with E-state index in [4.69, 9.17) is 5.73 Å². The zero-order chi connectivity index (χ0) is 19.1. The molecule has 9 heteroatoms. The number of halogens is 1. The molecule has 1 aliphatic carbocycles. The van der Waals surface area contributed by atoms with Gasteiger partial charge < -0.3 is 16.0 Å². The van der Waals surface area contributed by atoms with Crippen LogP contribution in [-0.4, -0.2) is 54.5 Å². The lowest BCUT2D eigenvalue weighted by atomic mass is 10.1. The molecule has 144 valence electrons. The third-order valence-corrected chi connectivity index (χ3v) is 5.49. The summed E-state index contributed by atoms with van der Waals surface area (Å²) in [6.45, 7) is -0.701. The van der Waals surface area contributed by atoms with Crippen molar-refractivity contribution < 1.29 is 18.8 Å². The zero-order valence-corrected chi connectivity index (χ0v) is 14.7. The number of rotatable bonds is 6. The van der Waals surface area contributed by atoms with E-state index in [2.05, 4.69) is 10.7 Å². The third-order valence-electron chi connectivity index (χ3n) is 5.49. The molecule has 2 aliphatic heterocycles. The van der Waals surface area contributed by atoms with Gasteiger partial charge in [0.15, 0.2) is 0 Å². The number of primary amides is 1. The molecule has 0 spiro atoms. The van der Waals surface area contributed by atoms with E-state index < -0.39 is 24.7 Å². The van der Waals surface area contributed by atoms with E-state index >= 15 is 0 Å². The van der Waals surface area contributed by atoms with Crippen molar-refractivity contribution >= 4 is 23.4 Å². The Kier molecular flexibility index (Phi) is 4.47. The maximum absolute atomic E-state index is 13.0. The summed E-state index contributed by atoms with van der Waals surface area (Å²) >= 11 is 0. The quantitative estimate of drug-likeness (QED) is 0.628. The highest BCUT2D eigenvalue weighted by atomic mass is 19.1. The van der Waals surface area contributed by atoms with Crippen LogP contribution in [0.4, 0.5) is 10.1 Å². The van der Waals surface area contributed by atoms with Crippen LogP contribution in [0.3, 0.4) is 0 Å². The van der Waals surface area contributed by atoms with E-state index in [1.165, 1.54) is 0 Å². The van der Waals surface area contributed by atoms with Crippen LogP contribution < -0.4 is 21.5 Å². The second-order valence-electron chi connectivity index (χ2n) is 7.21. The van der Waals surface area contributed by atoms with E-state index in [1.807, 2.05) is 18.2 Å². The van der Waals surface area contributed by atoms with Crippen LogP contribution in [0.25, 0.3) is 0 Å². The summed E-state index contributed by atoms with van der Waals surface area (Å²) in [5, 5.41) is 4.14. The van der Waals surface area contributed by atoms with Crippen molar-refractivity contribution in [1.82, 2.24) is 15.6 Å². The van der Waals surface area contributed by atoms with Crippen molar-refractivity contribution in [2.75, 3.05) is 24.8 Å². The van der Waals surface area contributed by atoms with Gasteiger partial charge in [0.05, 0.1) is 5.69 Å². The van der Waals surface area contributed by atoms with Gasteiger partial charge in [0.2, 0.25) is 17.7 Å². The standard InChI is InChI=1S/C18H22FN5O3/c19-5-6-21-18(27)14-8-10-7-13(10)24(14)15(25)9-23-12-4-2-1-3-11(12)16(22-23)17(20)26/h1-4,10,13-14,16,22H,5-9H2,(H2,20,26)(H,21,27)/t10-,13-,14+,16?/m1/s1. The van der Waals surface area contributed by atoms with Crippen LogP contribution in [0.2, 0.25) is 0 Å². The lowest BCUT2D eigenvalue weighted by molar-refractivity contribution is -0.138. The van der Waals surface area contributed by atoms with Gasteiger partial charge >= 0.3 is 0 Å². The molecule has 8 nitrogen and oxygen atoms in total. The molecular weight excluding hydrogens is 353 g/mol. The molecular formula is C18H22FN5O3. The average molecular weight is 375 g/mol. The number of fused-ring (bicyclic) bond motifs is 2. The second-order valence-corrected chi connectivity index (χ2v) is 7.21. The van der Waals surface area contributed by atoms with Crippen LogP contribution in [0, 0.1) is 5.92 Å². The fourth-order valence-electron chi connectivity index (χ4n) is 4.17. The van der Waals surface area contributed by atoms with Crippen LogP contribution in [0.1, 0.15) is 24.4 Å². The number of anilines is 1. The van der Waals surface area contributed by atoms with Crippen LogP contribution in [0.5, 0.6) is 0 Å². The molecule has 1 saturated heterocycles. The van der Waals surface area contributed by atoms with Gasteiger partial charge in [0, 0.05) is 18.2 Å². The number of hydrogen-bond donors (Lipinski definition) is 3. The van der Waals surface area contributed by atoms with Crippen molar-refractivity contribution in [1.29, 1.82) is 0 Å². The molecule has 4 N–H and O–H groups in total. The van der Waals surface area contributed by atoms with Crippen molar-refractivity contribution in [3.8, 4) is 0 Å². The van der Waals surface area contributed by atoms with Crippen molar-refractivity contribution in [2.45, 2.75) is 31.0 Å². The fraction of sp³-hybridized carbons (Fsp3) is 0.500. The van der Waals surface area contributed by atoms with Gasteiger partial charge in [-0.05, 0) is 24.8 Å². The molecule has 3 aliphatic rings. The van der Waals surface area contributed by atoms with Crippen molar-refractivity contribution in [2.24, 2.45) is 11.7 Å². The average Bonchev–Trinajstić information content (AvgIpc) is 3.16. The topological polar surface area (TPSA) is 108 Å². The molecule has 4 atom stereocenters. The van der Waals surface area contributed by atoms with Crippen LogP contribution >= 0.6 is 0 Å². The summed E-state index contributed by atoms with van der Waals surface area (Å²) in [4.78, 5) is 38.6. The predicted octanol–water partition coefficient (Wildman–Crippen LogP) is -0.387. The minimum Gasteiger partial charge on any atom is -0.368 e. The number of carbonyl (C=O) groups excluding carboxylic acids is 3. The van der Waals surface area contributed by atoms with Gasteiger partial charge in [-0.15, -0.1) is 0 Å². The number of likely N-dealkylation sites (tertiary alicyclic amines) is 1. The van der Waals surface area contributed by atoms with E-state index in [1.54, 1.807) is 16.0 Å². The molecule has 1 saturated carbocycles. The molecule has 27 heavy (non-hydrogen) atoms. The van der Waals surface area contributed by atoms with Gasteiger partial charge in [0.1, 0.15) is 25.3 Å². The monoisotopic (exact) mass is 375 g/mol. The maximum atomic E-state index is 13.0. The summed E-state index contributed by atoms with van der Waals surface area (Å²) in [5.74, 6) is -0.692. The highest BCUT2D eigenvalue weighted by Crippen LogP contribution is 2.48. The van der Waals surface area contributed by atoms with Crippen molar-refractivity contribution in [3.63, 3.8) is 0 Å². The SMILES string of the molecule is NC(=O)C1NN(CC(=O)N2[C@@H]3C[C@@H]3C[C@H]2C(=O)NCCF)c2ccccc21. The van der Waals surface area contributed by atoms with Crippen LogP contribution in [0.15, 0.2) is 24.3 Å². The Hall–Kier alpha value is -2.68. The predicted molar refractivity (Wildman–Crippen MR) is 95.0 cm³/mol. The molecule has 3 amide bonds. The van der Waals surface area contributed by atoms with E-state index in [-0.39, 0.29) is 30.9 Å². The number of piperidine rings is 1. The van der Waals surface area contributed by atoms with Gasteiger partial charge in [-0.2, -0.15) is 0 Å². The maximum Gasteiger partial charge on any atom is 0.244 e. The lowest BCUT2D eigenvalue weighted by Crippen LogP contribution is -2.52. The molecule has 1 aromatic rings. The van der Waals surface area contributed by atoms with Gasteiger partial charge in [-0.25, -0.2) is 9.82 Å². The minimum atomic E-state index is -0.690. The molecule has 1 unspecified atom stereocenters. The molecule has 0 radical (unpaired) electrons. The zero-order valence-electron chi connectivity index (χ0n) is 14.7. The van der Waals surface area contributed by atoms with E-state index in [0.717, 1.165) is 17.7 Å². The number of hydrazine groups is 1. The number of carbonyl (C=O) groups is 3. The molecule has 1 aromatic carbocycles. The Morgan fingerprint density at radius 2 is 2.04 bits per heavy atom. The normalized spacial score (nSPS) is 27.9. The highest BCUT2D eigenvalue weighted by molar-refractivity contribution is 5.92. The molecule has 4 rings (SSSR count). The summed E-state index contributed by atoms with van der Waals surface area (Å²) in [6.07, 6.45) is 1.51. The molecule has 2 fully saturated rings. The number of nitrogens with one attached hydrogen (secondary N) is 2. The molecule has 0 aromatic heterocycles. The number of nitrogens with two attached hydrogens (primary N) is 1. The van der Waals surface area contributed by atoms with Crippen molar-refractivity contribution in [3.05, 3.63) is 29.8 Å². The van der Waals surface area contributed by atoms with Gasteiger partial charge in [-0.1, -0.05) is 18.2 Å². The summed E-state index contributed by atoms with van der Waals surface area (Å²) < 4.78 is 12.3. The van der Waals surface area contributed by atoms with Crippen LogP contribution in [-0.2, 0) is 14.4 Å². The first-order valence-electron chi connectivity index (χ1n) is 9.08. The third kappa shape index (κ3) is 3.12. The number of hydrogen-bond acceptors (Lipinski definition) is 5. The number of nitrogens with zero attached hydrogens (tertiary/aromatic N) is 2.